The molecule has 0 aromatic rings. The lowest BCUT2D eigenvalue weighted by Crippen LogP contribution is -2.69. The average Bonchev–Trinajstić information content (AvgIpc) is 2.19. The Balaban J connectivity index is 2.15. The zero-order chi connectivity index (χ0) is 10.8. The molecule has 0 bridgehead atoms. The maximum absolute atomic E-state index is 11.6. The maximum Gasteiger partial charge on any atom is 0.252 e. The van der Waals surface area contributed by atoms with Gasteiger partial charge in [-0.2, -0.15) is 0 Å². The molecule has 1 saturated heterocycles. The number of hydrogen-bond donors (Lipinski definition) is 4. The van der Waals surface area contributed by atoms with Gasteiger partial charge in [0.15, 0.2) is 12.3 Å². The monoisotopic (exact) mass is 209 g/mol. The molecule has 0 spiro atoms. The van der Waals surface area contributed by atoms with Crippen LogP contribution < -0.4 is 21.7 Å². The molecule has 2 aliphatic rings. The molecule has 2 aliphatic heterocycles. The minimum Gasteiger partial charge on any atom is -0.370 e. The van der Waals surface area contributed by atoms with Crippen LogP contribution >= 0.6 is 0 Å². The van der Waals surface area contributed by atoms with Gasteiger partial charge < -0.3 is 16.0 Å². The Labute approximate surface area is 88.0 Å². The number of amidine groups is 1. The van der Waals surface area contributed by atoms with Gasteiger partial charge in [0, 0.05) is 11.9 Å². The molecule has 2 heterocycles. The van der Waals surface area contributed by atoms with Crippen molar-refractivity contribution in [2.75, 3.05) is 0 Å². The Bertz CT molecular complexity index is 335. The number of hydrogen-bond acceptors (Lipinski definition) is 5. The summed E-state index contributed by atoms with van der Waals surface area (Å²) in [6, 6.07) is -0.420. The lowest BCUT2D eigenvalue weighted by Gasteiger charge is -2.33. The molecule has 0 radical (unpaired) electrons. The molecular formula is C9H15N5O. The van der Waals surface area contributed by atoms with Crippen LogP contribution in [0.4, 0.5) is 0 Å². The largest absolute Gasteiger partial charge is 0.370 e. The van der Waals surface area contributed by atoms with Gasteiger partial charge in [0.2, 0.25) is 0 Å². The Morgan fingerprint density at radius 3 is 3.00 bits per heavy atom. The van der Waals surface area contributed by atoms with Crippen molar-refractivity contribution >= 4 is 11.7 Å². The molecule has 1 fully saturated rings. The summed E-state index contributed by atoms with van der Waals surface area (Å²) in [5.41, 5.74) is 6.54. The molecule has 0 aromatic carbocycles. The first-order valence-electron chi connectivity index (χ1n) is 5.06. The molecule has 82 valence electrons. The molecule has 2 atom stereocenters. The van der Waals surface area contributed by atoms with Crippen molar-refractivity contribution in [1.82, 2.24) is 16.0 Å². The topological polar surface area (TPSA) is 91.5 Å². The fraction of sp³-hybridized carbons (Fsp3) is 0.556. The van der Waals surface area contributed by atoms with E-state index in [0.29, 0.717) is 5.84 Å². The van der Waals surface area contributed by atoms with Gasteiger partial charge in [-0.1, -0.05) is 13.3 Å². The summed E-state index contributed by atoms with van der Waals surface area (Å²) in [5, 5.41) is 8.63. The summed E-state index contributed by atoms with van der Waals surface area (Å²) in [7, 11) is 0. The minimum absolute atomic E-state index is 0.137. The van der Waals surface area contributed by atoms with Crippen LogP contribution in [0, 0.1) is 0 Å². The third-order valence-corrected chi connectivity index (χ3v) is 2.35. The van der Waals surface area contributed by atoms with E-state index in [-0.39, 0.29) is 5.91 Å². The van der Waals surface area contributed by atoms with Crippen LogP contribution in [0.5, 0.6) is 0 Å². The summed E-state index contributed by atoms with van der Waals surface area (Å²) in [6.07, 6.45) is 3.11. The Kier molecular flexibility index (Phi) is 2.59. The van der Waals surface area contributed by atoms with Crippen molar-refractivity contribution < 1.29 is 4.79 Å². The van der Waals surface area contributed by atoms with Crippen molar-refractivity contribution in [2.45, 2.75) is 32.1 Å². The van der Waals surface area contributed by atoms with E-state index in [4.69, 9.17) is 5.73 Å². The molecule has 0 aromatic heterocycles. The van der Waals surface area contributed by atoms with Gasteiger partial charge in [-0.25, -0.2) is 4.99 Å². The number of amides is 1. The van der Waals surface area contributed by atoms with E-state index in [2.05, 4.69) is 27.9 Å². The molecule has 5 N–H and O–H groups in total. The molecule has 2 rings (SSSR count). The fourth-order valence-electron chi connectivity index (χ4n) is 1.66. The third-order valence-electron chi connectivity index (χ3n) is 2.35. The molecule has 15 heavy (non-hydrogen) atoms. The maximum atomic E-state index is 11.6. The highest BCUT2D eigenvalue weighted by atomic mass is 16.2. The van der Waals surface area contributed by atoms with Crippen LogP contribution in [-0.2, 0) is 4.79 Å². The van der Waals surface area contributed by atoms with Crippen LogP contribution in [0.1, 0.15) is 19.8 Å². The molecule has 6 nitrogen and oxygen atoms in total. The number of aliphatic imine (C=N–C) groups is 1. The zero-order valence-corrected chi connectivity index (χ0v) is 8.58. The summed E-state index contributed by atoms with van der Waals surface area (Å²) >= 11 is 0. The van der Waals surface area contributed by atoms with E-state index in [9.17, 15) is 4.79 Å². The Morgan fingerprint density at radius 2 is 2.27 bits per heavy atom. The predicted molar refractivity (Wildman–Crippen MR) is 56.6 cm³/mol. The first-order chi connectivity index (χ1) is 7.20. The average molecular weight is 209 g/mol. The summed E-state index contributed by atoms with van der Waals surface area (Å²) < 4.78 is 0. The fourth-order valence-corrected chi connectivity index (χ4v) is 1.66. The van der Waals surface area contributed by atoms with Crippen LogP contribution in [0.25, 0.3) is 0 Å². The molecule has 2 unspecified atom stereocenters. The van der Waals surface area contributed by atoms with Crippen LogP contribution in [0.3, 0.4) is 0 Å². The predicted octanol–water partition coefficient (Wildman–Crippen LogP) is -1.04. The number of fused-ring (bicyclic) bond motifs is 1. The van der Waals surface area contributed by atoms with Crippen molar-refractivity contribution in [3.05, 3.63) is 11.9 Å². The van der Waals surface area contributed by atoms with Crippen LogP contribution in [-0.4, -0.2) is 24.1 Å². The quantitative estimate of drug-likeness (QED) is 0.467. The van der Waals surface area contributed by atoms with Gasteiger partial charge in [0.05, 0.1) is 0 Å². The lowest BCUT2D eigenvalue weighted by molar-refractivity contribution is -0.123. The number of allylic oxidation sites excluding steroid dienone is 1. The number of carbonyl (C=O) groups is 1. The number of rotatable bonds is 2. The highest BCUT2D eigenvalue weighted by Gasteiger charge is 2.33. The number of nitrogens with two attached hydrogens (primary N) is 1. The van der Waals surface area contributed by atoms with Crippen molar-refractivity contribution in [2.24, 2.45) is 10.7 Å². The Morgan fingerprint density at radius 1 is 1.47 bits per heavy atom. The molecule has 6 heteroatoms. The van der Waals surface area contributed by atoms with Crippen molar-refractivity contribution in [3.8, 4) is 0 Å². The van der Waals surface area contributed by atoms with Crippen LogP contribution in [0.15, 0.2) is 16.9 Å². The number of nitrogens with one attached hydrogen (secondary N) is 3. The molecule has 1 amide bonds. The van der Waals surface area contributed by atoms with Gasteiger partial charge in [-0.3, -0.25) is 10.5 Å². The van der Waals surface area contributed by atoms with E-state index >= 15 is 0 Å². The second-order valence-electron chi connectivity index (χ2n) is 3.63. The van der Waals surface area contributed by atoms with E-state index in [1.807, 2.05) is 0 Å². The van der Waals surface area contributed by atoms with Crippen molar-refractivity contribution in [1.29, 1.82) is 0 Å². The normalized spacial score (nSPS) is 29.1. The third kappa shape index (κ3) is 1.94. The standard InChI is InChI=1S/C9H15N5O/c1-2-3-5-4-11-7-6(12-5)8(15)14-9(10)13-7/h4,6,9,12H,2-3,10H2,1H3,(H,11,13)(H,14,15). The number of nitrogens with zero attached hydrogens (tertiary/aromatic N) is 1. The van der Waals surface area contributed by atoms with Gasteiger partial charge in [-0.05, 0) is 6.42 Å². The van der Waals surface area contributed by atoms with Gasteiger partial charge >= 0.3 is 0 Å². The summed E-state index contributed by atoms with van der Waals surface area (Å²) in [4.78, 5) is 15.8. The minimum atomic E-state index is -0.546. The highest BCUT2D eigenvalue weighted by molar-refractivity contribution is 6.09. The van der Waals surface area contributed by atoms with Gasteiger partial charge in [0.1, 0.15) is 5.84 Å². The Hall–Kier alpha value is -1.56. The van der Waals surface area contributed by atoms with E-state index in [0.717, 1.165) is 18.5 Å². The first-order valence-corrected chi connectivity index (χ1v) is 5.06. The SMILES string of the molecule is CCCC1=CN=C2NC(N)NC(=O)C2N1. The summed E-state index contributed by atoms with van der Waals surface area (Å²) in [6.45, 7) is 2.08. The van der Waals surface area contributed by atoms with E-state index in [1.54, 1.807) is 6.20 Å². The second-order valence-corrected chi connectivity index (χ2v) is 3.63. The van der Waals surface area contributed by atoms with Crippen molar-refractivity contribution in [3.63, 3.8) is 0 Å². The lowest BCUT2D eigenvalue weighted by atomic mass is 10.1. The van der Waals surface area contributed by atoms with Gasteiger partial charge in [-0.15, -0.1) is 0 Å². The van der Waals surface area contributed by atoms with E-state index in [1.165, 1.54) is 0 Å². The zero-order valence-electron chi connectivity index (χ0n) is 8.58. The smallest absolute Gasteiger partial charge is 0.252 e. The molecule has 0 saturated carbocycles. The van der Waals surface area contributed by atoms with E-state index < -0.39 is 12.3 Å². The van der Waals surface area contributed by atoms with Crippen LogP contribution in [0.2, 0.25) is 0 Å². The second kappa shape index (κ2) is 3.90. The highest BCUT2D eigenvalue weighted by Crippen LogP contribution is 2.10. The number of carbonyl (C=O) groups excluding carboxylic acids is 1. The molecular weight excluding hydrogens is 194 g/mol. The summed E-state index contributed by atoms with van der Waals surface area (Å²) in [5.74, 6) is 0.452. The molecule has 0 aliphatic carbocycles. The van der Waals surface area contributed by atoms with Gasteiger partial charge in [0.25, 0.3) is 5.91 Å². The first kappa shape index (κ1) is 9.97.